The number of carbonyl (C=O) groups is 2. The first-order chi connectivity index (χ1) is 19.3. The summed E-state index contributed by atoms with van der Waals surface area (Å²) in [6.45, 7) is 7.71. The fourth-order valence-corrected chi connectivity index (χ4v) is 3.42. The number of pyridine rings is 1. The molecule has 0 saturated carbocycles. The van der Waals surface area contributed by atoms with Gasteiger partial charge in [-0.1, -0.05) is 56.3 Å². The number of para-hydroxylation sites is 1. The number of nitrogens with zero attached hydrogens (tertiary/aromatic N) is 2. The van der Waals surface area contributed by atoms with Crippen LogP contribution in [0.4, 0.5) is 10.1 Å². The second-order valence-corrected chi connectivity index (χ2v) is 7.93. The van der Waals surface area contributed by atoms with Gasteiger partial charge in [0.05, 0.1) is 22.9 Å². The number of amides is 2. The maximum Gasteiger partial charge on any atom is 0.258 e. The Morgan fingerprint density at radius 3 is 2.40 bits per heavy atom. The van der Waals surface area contributed by atoms with Crippen LogP contribution in [-0.2, 0) is 9.68 Å². The third-order valence-electron chi connectivity index (χ3n) is 5.07. The summed E-state index contributed by atoms with van der Waals surface area (Å²) in [4.78, 5) is 35.4. The second kappa shape index (κ2) is 17.9. The summed E-state index contributed by atoms with van der Waals surface area (Å²) in [5, 5.41) is 13.6. The van der Waals surface area contributed by atoms with E-state index in [1.54, 1.807) is 30.1 Å². The van der Waals surface area contributed by atoms with Gasteiger partial charge in [-0.3, -0.25) is 19.8 Å². The van der Waals surface area contributed by atoms with Crippen LogP contribution in [0.5, 0.6) is 0 Å². The highest BCUT2D eigenvalue weighted by molar-refractivity contribution is 6.34. The van der Waals surface area contributed by atoms with Gasteiger partial charge in [-0.05, 0) is 42.5 Å². The zero-order valence-corrected chi connectivity index (χ0v) is 23.3. The average Bonchev–Trinajstić information content (AvgIpc) is 2.99. The summed E-state index contributed by atoms with van der Waals surface area (Å²) in [5.74, 6) is -1.57. The van der Waals surface area contributed by atoms with Crippen LogP contribution in [0.25, 0.3) is 11.3 Å². The van der Waals surface area contributed by atoms with Crippen molar-refractivity contribution < 1.29 is 24.1 Å². The molecule has 10 heteroatoms. The minimum Gasteiger partial charge on any atom is -0.350 e. The van der Waals surface area contributed by atoms with Gasteiger partial charge in [-0.25, -0.2) is 9.28 Å². The van der Waals surface area contributed by atoms with Crippen LogP contribution in [0.3, 0.4) is 0 Å². The summed E-state index contributed by atoms with van der Waals surface area (Å²) >= 11 is 6.22. The van der Waals surface area contributed by atoms with E-state index in [0.29, 0.717) is 11.4 Å². The smallest absolute Gasteiger partial charge is 0.258 e. The lowest BCUT2D eigenvalue weighted by molar-refractivity contribution is -0.240. The highest BCUT2D eigenvalue weighted by Crippen LogP contribution is 2.28. The van der Waals surface area contributed by atoms with Crippen LogP contribution in [0.15, 0.2) is 90.9 Å². The molecule has 0 radical (unpaired) electrons. The average molecular weight is 567 g/mol. The number of rotatable bonds is 10. The Morgan fingerprint density at radius 1 is 1.15 bits per heavy atom. The molecule has 3 N–H and O–H groups in total. The zero-order valence-electron chi connectivity index (χ0n) is 22.5. The molecule has 0 bridgehead atoms. The molecule has 0 aliphatic carbocycles. The number of anilines is 1. The van der Waals surface area contributed by atoms with Gasteiger partial charge in [0, 0.05) is 36.6 Å². The van der Waals surface area contributed by atoms with E-state index in [1.807, 2.05) is 44.2 Å². The first-order valence-electron chi connectivity index (χ1n) is 12.1. The molecule has 0 atom stereocenters. The molecule has 8 nitrogen and oxygen atoms in total. The highest BCUT2D eigenvalue weighted by atomic mass is 35.5. The zero-order chi connectivity index (χ0) is 30.1. The Morgan fingerprint density at radius 2 is 1.80 bits per heavy atom. The van der Waals surface area contributed by atoms with Crippen molar-refractivity contribution >= 4 is 29.1 Å². The number of carbonyl (C=O) groups excluding carboxylic acids is 2. The molecule has 1 aromatic heterocycles. The molecule has 1 heterocycles. The molecule has 0 spiro atoms. The number of nitrogens with one attached hydrogen (secondary N) is 2. The molecule has 40 heavy (non-hydrogen) atoms. The molecule has 0 fully saturated rings. The predicted molar refractivity (Wildman–Crippen MR) is 157 cm³/mol. The van der Waals surface area contributed by atoms with Gasteiger partial charge in [-0.15, -0.1) is 12.8 Å². The van der Waals surface area contributed by atoms with Crippen LogP contribution >= 0.6 is 11.6 Å². The van der Waals surface area contributed by atoms with Gasteiger partial charge in [0.25, 0.3) is 11.8 Å². The van der Waals surface area contributed by atoms with Gasteiger partial charge in [-0.2, -0.15) is 0 Å². The SMILES string of the molecule is C#C.C=C(/C=C(/NC(=O)c1cc(-c2ccccn2)c(F)cc1Cl)N(C)c1ccccc1)C(=O)NCCOO.CC. The largest absolute Gasteiger partial charge is 0.350 e. The Hall–Kier alpha value is -4.49. The van der Waals surface area contributed by atoms with Crippen molar-refractivity contribution in [2.24, 2.45) is 0 Å². The predicted octanol–water partition coefficient (Wildman–Crippen LogP) is 5.69. The van der Waals surface area contributed by atoms with Gasteiger partial charge in [0.15, 0.2) is 0 Å². The minimum absolute atomic E-state index is 0.0150. The summed E-state index contributed by atoms with van der Waals surface area (Å²) in [7, 11) is 1.69. The van der Waals surface area contributed by atoms with Gasteiger partial charge in [0.2, 0.25) is 0 Å². The lowest BCUT2D eigenvalue weighted by atomic mass is 10.1. The van der Waals surface area contributed by atoms with Crippen molar-refractivity contribution in [2.75, 3.05) is 25.1 Å². The maximum atomic E-state index is 14.6. The maximum absolute atomic E-state index is 14.6. The van der Waals surface area contributed by atoms with Crippen molar-refractivity contribution in [1.29, 1.82) is 0 Å². The molecule has 0 aliphatic rings. The molecule has 3 aromatic rings. The Balaban J connectivity index is 0.00000191. The lowest BCUT2D eigenvalue weighted by Crippen LogP contribution is -2.34. The van der Waals surface area contributed by atoms with E-state index in [2.05, 4.69) is 39.9 Å². The molecule has 3 rings (SSSR count). The van der Waals surface area contributed by atoms with E-state index in [4.69, 9.17) is 16.9 Å². The minimum atomic E-state index is -0.631. The van der Waals surface area contributed by atoms with Crippen molar-refractivity contribution in [2.45, 2.75) is 13.8 Å². The van der Waals surface area contributed by atoms with E-state index in [-0.39, 0.29) is 40.7 Å². The number of halogens is 2. The molecule has 0 saturated heterocycles. The molecular formula is C30H32ClFN4O4. The van der Waals surface area contributed by atoms with Gasteiger partial charge in [0.1, 0.15) is 11.6 Å². The summed E-state index contributed by atoms with van der Waals surface area (Å²) < 4.78 is 14.6. The number of aromatic nitrogens is 1. The van der Waals surface area contributed by atoms with Crippen molar-refractivity contribution in [3.8, 4) is 24.1 Å². The highest BCUT2D eigenvalue weighted by Gasteiger charge is 2.20. The molecule has 210 valence electrons. The van der Waals surface area contributed by atoms with Crippen molar-refractivity contribution in [3.05, 3.63) is 107 Å². The van der Waals surface area contributed by atoms with Crippen LogP contribution in [0.2, 0.25) is 5.02 Å². The second-order valence-electron chi connectivity index (χ2n) is 7.52. The van der Waals surface area contributed by atoms with Crippen LogP contribution in [-0.4, -0.2) is 42.3 Å². The van der Waals surface area contributed by atoms with Crippen molar-refractivity contribution in [1.82, 2.24) is 15.6 Å². The Kier molecular flexibility index (Phi) is 15.0. The lowest BCUT2D eigenvalue weighted by Gasteiger charge is -2.24. The van der Waals surface area contributed by atoms with E-state index >= 15 is 0 Å². The third kappa shape index (κ3) is 9.67. The fraction of sp³-hybridized carbons (Fsp3) is 0.167. The summed E-state index contributed by atoms with van der Waals surface area (Å²) in [6, 6.07) is 16.5. The molecule has 2 aromatic carbocycles. The molecule has 2 amide bonds. The van der Waals surface area contributed by atoms with Crippen LogP contribution in [0, 0.1) is 18.7 Å². The normalized spacial score (nSPS) is 10.2. The van der Waals surface area contributed by atoms with Gasteiger partial charge >= 0.3 is 0 Å². The van der Waals surface area contributed by atoms with Crippen molar-refractivity contribution in [3.63, 3.8) is 0 Å². The fourth-order valence-electron chi connectivity index (χ4n) is 3.19. The Bertz CT molecular complexity index is 1320. The number of hydrogen-bond donors (Lipinski definition) is 3. The van der Waals surface area contributed by atoms with E-state index in [1.165, 1.54) is 18.3 Å². The molecule has 0 aliphatic heterocycles. The molecule has 0 unspecified atom stereocenters. The summed E-state index contributed by atoms with van der Waals surface area (Å²) in [5.41, 5.74) is 1.22. The topological polar surface area (TPSA) is 104 Å². The number of terminal acetylenes is 1. The summed E-state index contributed by atoms with van der Waals surface area (Å²) in [6.07, 6.45) is 10.9. The quantitative estimate of drug-likeness (QED) is 0.0728. The van der Waals surface area contributed by atoms with E-state index < -0.39 is 17.6 Å². The van der Waals surface area contributed by atoms with Crippen LogP contribution in [0.1, 0.15) is 24.2 Å². The third-order valence-corrected chi connectivity index (χ3v) is 5.38. The van der Waals surface area contributed by atoms with Gasteiger partial charge < -0.3 is 15.5 Å². The first kappa shape index (κ1) is 33.5. The number of hydrogen-bond acceptors (Lipinski definition) is 6. The first-order valence-corrected chi connectivity index (χ1v) is 12.5. The monoisotopic (exact) mass is 566 g/mol. The Labute approximate surface area is 239 Å². The van der Waals surface area contributed by atoms with E-state index in [0.717, 1.165) is 6.07 Å². The standard InChI is InChI=1S/C26H24ClFN4O4.C2H6.C2H2/c1-17(25(33)30-12-13-36-35)14-24(32(2)18-8-4-3-5-9-18)31-26(34)19-15-20(22(28)16-21(19)27)23-10-6-7-11-29-23;2*1-2/h3-11,14-16,35H,1,12-13H2,2H3,(H,30,33)(H,31,34);1-2H3;1-2H/b24-14-;;. The van der Waals surface area contributed by atoms with Crippen LogP contribution < -0.4 is 15.5 Å². The number of benzene rings is 2. The molecular weight excluding hydrogens is 535 g/mol. The van der Waals surface area contributed by atoms with E-state index in [9.17, 15) is 14.0 Å².